The molecule has 0 aliphatic rings. The number of benzene rings is 1. The van der Waals surface area contributed by atoms with E-state index in [1.54, 1.807) is 0 Å². The van der Waals surface area contributed by atoms with Crippen molar-refractivity contribution in [3.05, 3.63) is 35.9 Å². The average Bonchev–Trinajstić information content (AvgIpc) is 2.36. The molecule has 0 spiro atoms. The fraction of sp³-hybridized carbons (Fsp3) is 0.533. The van der Waals surface area contributed by atoms with Gasteiger partial charge in [0.1, 0.15) is 0 Å². The van der Waals surface area contributed by atoms with Gasteiger partial charge in [0.05, 0.1) is 0 Å². The summed E-state index contributed by atoms with van der Waals surface area (Å²) in [5.74, 6) is 0.396. The Morgan fingerprint density at radius 3 is 2.39 bits per heavy atom. The van der Waals surface area contributed by atoms with E-state index in [0.29, 0.717) is 12.3 Å². The number of carbonyl (C=O) groups is 1. The molecule has 0 aliphatic carbocycles. The number of hydrogen-bond acceptors (Lipinski definition) is 2. The van der Waals surface area contributed by atoms with Gasteiger partial charge in [-0.2, -0.15) is 0 Å². The highest BCUT2D eigenvalue weighted by Crippen LogP contribution is 2.18. The van der Waals surface area contributed by atoms with Gasteiger partial charge in [0.2, 0.25) is 5.91 Å². The number of carbonyl (C=O) groups excluding carboxylic acids is 1. The molecule has 3 unspecified atom stereocenters. The fourth-order valence-corrected chi connectivity index (χ4v) is 1.86. The molecule has 0 aliphatic heterocycles. The van der Waals surface area contributed by atoms with E-state index in [0.717, 1.165) is 6.42 Å². The van der Waals surface area contributed by atoms with Crippen LogP contribution in [0.25, 0.3) is 0 Å². The van der Waals surface area contributed by atoms with Crippen molar-refractivity contribution >= 4 is 5.91 Å². The molecule has 0 saturated carbocycles. The van der Waals surface area contributed by atoms with E-state index in [4.69, 9.17) is 5.73 Å². The van der Waals surface area contributed by atoms with Crippen LogP contribution in [0.2, 0.25) is 0 Å². The second kappa shape index (κ2) is 7.17. The normalized spacial score (nSPS) is 15.8. The zero-order valence-corrected chi connectivity index (χ0v) is 11.5. The van der Waals surface area contributed by atoms with Crippen molar-refractivity contribution in [1.29, 1.82) is 0 Å². The Morgan fingerprint density at radius 1 is 1.22 bits per heavy atom. The summed E-state index contributed by atoms with van der Waals surface area (Å²) in [4.78, 5) is 11.7. The number of nitrogens with two attached hydrogens (primary N) is 1. The van der Waals surface area contributed by atoms with Crippen LogP contribution in [-0.2, 0) is 4.79 Å². The molecule has 0 saturated heterocycles. The van der Waals surface area contributed by atoms with Gasteiger partial charge in [-0.25, -0.2) is 0 Å². The quantitative estimate of drug-likeness (QED) is 0.812. The Bertz CT molecular complexity index is 362. The van der Waals surface area contributed by atoms with Crippen LogP contribution in [0.3, 0.4) is 0 Å². The van der Waals surface area contributed by atoms with Crippen LogP contribution in [0.4, 0.5) is 0 Å². The molecule has 18 heavy (non-hydrogen) atoms. The summed E-state index contributed by atoms with van der Waals surface area (Å²) in [5, 5.41) is 3.04. The monoisotopic (exact) mass is 248 g/mol. The number of hydrogen-bond donors (Lipinski definition) is 2. The molecule has 1 amide bonds. The molecule has 100 valence electrons. The third-order valence-corrected chi connectivity index (χ3v) is 3.29. The van der Waals surface area contributed by atoms with Crippen LogP contribution in [0.15, 0.2) is 30.3 Å². The molecule has 1 aromatic carbocycles. The lowest BCUT2D eigenvalue weighted by Gasteiger charge is -2.22. The Labute approximate surface area is 110 Å². The van der Waals surface area contributed by atoms with E-state index < -0.39 is 0 Å². The van der Waals surface area contributed by atoms with Gasteiger partial charge in [-0.05, 0) is 25.8 Å². The first kappa shape index (κ1) is 14.7. The summed E-state index contributed by atoms with van der Waals surface area (Å²) >= 11 is 0. The van der Waals surface area contributed by atoms with Crippen molar-refractivity contribution in [3.63, 3.8) is 0 Å². The predicted octanol–water partition coefficient (Wildman–Crippen LogP) is 2.42. The Morgan fingerprint density at radius 2 is 1.83 bits per heavy atom. The standard InChI is InChI=1S/C15H24N2O/c1-11(16)9-10-15(18)17-13(3)12(2)14-7-5-4-6-8-14/h4-8,11-13H,9-10,16H2,1-3H3,(H,17,18). The van der Waals surface area contributed by atoms with Gasteiger partial charge in [0.15, 0.2) is 0 Å². The van der Waals surface area contributed by atoms with Gasteiger partial charge in [-0.3, -0.25) is 4.79 Å². The topological polar surface area (TPSA) is 55.1 Å². The number of nitrogens with one attached hydrogen (secondary N) is 1. The molecular formula is C15H24N2O. The van der Waals surface area contributed by atoms with Gasteiger partial charge in [-0.1, -0.05) is 37.3 Å². The Balaban J connectivity index is 2.45. The number of amides is 1. The molecular weight excluding hydrogens is 224 g/mol. The van der Waals surface area contributed by atoms with Crippen molar-refractivity contribution in [2.75, 3.05) is 0 Å². The minimum Gasteiger partial charge on any atom is -0.353 e. The molecule has 0 aromatic heterocycles. The summed E-state index contributed by atoms with van der Waals surface area (Å²) in [7, 11) is 0. The highest BCUT2D eigenvalue weighted by molar-refractivity contribution is 5.76. The molecule has 1 rings (SSSR count). The van der Waals surface area contributed by atoms with Gasteiger partial charge >= 0.3 is 0 Å². The fourth-order valence-electron chi connectivity index (χ4n) is 1.86. The second-order valence-electron chi connectivity index (χ2n) is 5.07. The lowest BCUT2D eigenvalue weighted by Crippen LogP contribution is -2.36. The first-order valence-electron chi connectivity index (χ1n) is 6.60. The average molecular weight is 248 g/mol. The number of rotatable bonds is 6. The molecule has 0 bridgehead atoms. The molecule has 0 fully saturated rings. The minimum atomic E-state index is 0.0811. The largest absolute Gasteiger partial charge is 0.353 e. The first-order chi connectivity index (χ1) is 8.50. The van der Waals surface area contributed by atoms with Crippen LogP contribution in [0.5, 0.6) is 0 Å². The van der Waals surface area contributed by atoms with Crippen molar-refractivity contribution in [2.24, 2.45) is 5.73 Å². The molecule has 1 aromatic rings. The van der Waals surface area contributed by atoms with E-state index in [1.165, 1.54) is 5.56 Å². The Kier molecular flexibility index (Phi) is 5.86. The molecule has 3 nitrogen and oxygen atoms in total. The molecule has 0 radical (unpaired) electrons. The first-order valence-corrected chi connectivity index (χ1v) is 6.60. The third-order valence-electron chi connectivity index (χ3n) is 3.29. The lowest BCUT2D eigenvalue weighted by atomic mass is 9.94. The van der Waals surface area contributed by atoms with Crippen molar-refractivity contribution < 1.29 is 4.79 Å². The summed E-state index contributed by atoms with van der Waals surface area (Å²) in [6, 6.07) is 10.4. The van der Waals surface area contributed by atoms with E-state index >= 15 is 0 Å². The highest BCUT2D eigenvalue weighted by atomic mass is 16.1. The van der Waals surface area contributed by atoms with E-state index in [-0.39, 0.29) is 18.0 Å². The van der Waals surface area contributed by atoms with Crippen LogP contribution < -0.4 is 11.1 Å². The van der Waals surface area contributed by atoms with Gasteiger partial charge in [0, 0.05) is 24.4 Å². The highest BCUT2D eigenvalue weighted by Gasteiger charge is 2.16. The van der Waals surface area contributed by atoms with Gasteiger partial charge in [0.25, 0.3) is 0 Å². The van der Waals surface area contributed by atoms with Crippen molar-refractivity contribution in [3.8, 4) is 0 Å². The Hall–Kier alpha value is -1.35. The maximum absolute atomic E-state index is 11.7. The summed E-state index contributed by atoms with van der Waals surface area (Å²) in [6.45, 7) is 6.09. The van der Waals surface area contributed by atoms with E-state index in [2.05, 4.69) is 24.4 Å². The van der Waals surface area contributed by atoms with Crippen molar-refractivity contribution in [2.45, 2.75) is 51.6 Å². The third kappa shape index (κ3) is 4.88. The van der Waals surface area contributed by atoms with Crippen LogP contribution in [0, 0.1) is 0 Å². The van der Waals surface area contributed by atoms with Crippen molar-refractivity contribution in [1.82, 2.24) is 5.32 Å². The lowest BCUT2D eigenvalue weighted by molar-refractivity contribution is -0.122. The summed E-state index contributed by atoms with van der Waals surface area (Å²) in [5.41, 5.74) is 6.89. The maximum Gasteiger partial charge on any atom is 0.220 e. The summed E-state index contributed by atoms with van der Waals surface area (Å²) < 4.78 is 0. The summed E-state index contributed by atoms with van der Waals surface area (Å²) in [6.07, 6.45) is 1.24. The zero-order chi connectivity index (χ0) is 13.5. The van der Waals surface area contributed by atoms with E-state index in [9.17, 15) is 4.79 Å². The SMILES string of the molecule is CC(N)CCC(=O)NC(C)C(C)c1ccccc1. The van der Waals surface area contributed by atoms with Gasteiger partial charge in [-0.15, -0.1) is 0 Å². The second-order valence-corrected chi connectivity index (χ2v) is 5.07. The predicted molar refractivity (Wildman–Crippen MR) is 75.3 cm³/mol. The molecule has 3 atom stereocenters. The minimum absolute atomic E-state index is 0.0811. The van der Waals surface area contributed by atoms with Crippen LogP contribution >= 0.6 is 0 Å². The molecule has 3 N–H and O–H groups in total. The smallest absolute Gasteiger partial charge is 0.220 e. The molecule has 0 heterocycles. The van der Waals surface area contributed by atoms with Crippen LogP contribution in [0.1, 0.15) is 45.1 Å². The van der Waals surface area contributed by atoms with E-state index in [1.807, 2.05) is 32.0 Å². The van der Waals surface area contributed by atoms with Gasteiger partial charge < -0.3 is 11.1 Å². The molecule has 3 heteroatoms. The maximum atomic E-state index is 11.7. The zero-order valence-electron chi connectivity index (χ0n) is 11.5. The van der Waals surface area contributed by atoms with Crippen LogP contribution in [-0.4, -0.2) is 18.0 Å².